The number of hydrogen-bond donors (Lipinski definition) is 2. The number of nitrogens with one attached hydrogen (secondary N) is 2. The molecule has 1 unspecified atom stereocenters. The summed E-state index contributed by atoms with van der Waals surface area (Å²) in [6.45, 7) is 9.80. The first kappa shape index (κ1) is 14.8. The molecule has 2 rings (SSSR count). The quantitative estimate of drug-likeness (QED) is 0.912. The molecule has 1 aromatic heterocycles. The average molecular weight is 291 g/mol. The van der Waals surface area contributed by atoms with Crippen molar-refractivity contribution in [3.8, 4) is 0 Å². The van der Waals surface area contributed by atoms with Crippen molar-refractivity contribution in [3.63, 3.8) is 0 Å². The standard InChI is InChI=1S/C15H21N3OS/c1-9-6-7-12-11(8-9)17-14(20-12)16-10(2)13(19)18-15(3,4)5/h6-8,10H,1-5H3,(H,16,17)(H,18,19). The van der Waals surface area contributed by atoms with Gasteiger partial charge < -0.3 is 10.6 Å². The van der Waals surface area contributed by atoms with Crippen LogP contribution in [-0.2, 0) is 4.79 Å². The van der Waals surface area contributed by atoms with E-state index in [2.05, 4.69) is 33.8 Å². The third kappa shape index (κ3) is 3.70. The molecule has 0 aliphatic carbocycles. The Balaban J connectivity index is 2.09. The Morgan fingerprint density at radius 3 is 2.70 bits per heavy atom. The van der Waals surface area contributed by atoms with Crippen molar-refractivity contribution in [3.05, 3.63) is 23.8 Å². The predicted octanol–water partition coefficient (Wildman–Crippen LogP) is 3.32. The number of aromatic nitrogens is 1. The minimum Gasteiger partial charge on any atom is -0.350 e. The van der Waals surface area contributed by atoms with Crippen molar-refractivity contribution in [1.29, 1.82) is 0 Å². The summed E-state index contributed by atoms with van der Waals surface area (Å²) in [5.41, 5.74) is 1.94. The van der Waals surface area contributed by atoms with Gasteiger partial charge in [0.05, 0.1) is 10.2 Å². The lowest BCUT2D eigenvalue weighted by Gasteiger charge is -2.23. The topological polar surface area (TPSA) is 54.0 Å². The van der Waals surface area contributed by atoms with E-state index in [-0.39, 0.29) is 17.5 Å². The number of fused-ring (bicyclic) bond motifs is 1. The predicted molar refractivity (Wildman–Crippen MR) is 85.3 cm³/mol. The highest BCUT2D eigenvalue weighted by Gasteiger charge is 2.20. The molecule has 2 aromatic rings. The SMILES string of the molecule is Cc1ccc2sc(NC(C)C(=O)NC(C)(C)C)nc2c1. The van der Waals surface area contributed by atoms with Crippen molar-refractivity contribution in [2.75, 3.05) is 5.32 Å². The molecule has 0 aliphatic rings. The van der Waals surface area contributed by atoms with Gasteiger partial charge in [-0.25, -0.2) is 4.98 Å². The molecule has 2 N–H and O–H groups in total. The molecule has 108 valence electrons. The Hall–Kier alpha value is -1.62. The number of amides is 1. The molecule has 0 aliphatic heterocycles. The normalized spacial score (nSPS) is 13.2. The van der Waals surface area contributed by atoms with E-state index in [1.54, 1.807) is 11.3 Å². The summed E-state index contributed by atoms with van der Waals surface area (Å²) < 4.78 is 1.13. The molecule has 1 aromatic carbocycles. The number of aryl methyl sites for hydroxylation is 1. The fraction of sp³-hybridized carbons (Fsp3) is 0.467. The molecule has 0 saturated heterocycles. The Morgan fingerprint density at radius 1 is 1.35 bits per heavy atom. The fourth-order valence-corrected chi connectivity index (χ4v) is 2.76. The first-order valence-corrected chi connectivity index (χ1v) is 7.52. The van der Waals surface area contributed by atoms with Crippen LogP contribution >= 0.6 is 11.3 Å². The van der Waals surface area contributed by atoms with Gasteiger partial charge in [0.25, 0.3) is 0 Å². The molecule has 0 fully saturated rings. The summed E-state index contributed by atoms with van der Waals surface area (Å²) in [6, 6.07) is 5.88. The number of carbonyl (C=O) groups is 1. The second-order valence-electron chi connectivity index (χ2n) is 6.10. The summed E-state index contributed by atoms with van der Waals surface area (Å²) in [4.78, 5) is 16.6. The monoisotopic (exact) mass is 291 g/mol. The van der Waals surface area contributed by atoms with Crippen LogP contribution in [0.1, 0.15) is 33.3 Å². The third-order valence-corrected chi connectivity index (χ3v) is 3.74. The summed E-state index contributed by atoms with van der Waals surface area (Å²) >= 11 is 1.57. The fourth-order valence-electron chi connectivity index (χ4n) is 1.83. The van der Waals surface area contributed by atoms with Crippen LogP contribution in [0.25, 0.3) is 10.2 Å². The maximum atomic E-state index is 12.0. The zero-order valence-corrected chi connectivity index (χ0v) is 13.4. The van der Waals surface area contributed by atoms with Gasteiger partial charge in [-0.15, -0.1) is 0 Å². The van der Waals surface area contributed by atoms with Crippen LogP contribution in [0.5, 0.6) is 0 Å². The van der Waals surface area contributed by atoms with E-state index in [0.29, 0.717) is 0 Å². The van der Waals surface area contributed by atoms with Gasteiger partial charge in [0.15, 0.2) is 5.13 Å². The summed E-state index contributed by atoms with van der Waals surface area (Å²) in [7, 11) is 0. The van der Waals surface area contributed by atoms with E-state index >= 15 is 0 Å². The number of benzene rings is 1. The Labute approximate surface area is 123 Å². The Kier molecular flexibility index (Phi) is 3.99. The minimum atomic E-state index is -0.309. The van der Waals surface area contributed by atoms with E-state index < -0.39 is 0 Å². The van der Waals surface area contributed by atoms with Crippen LogP contribution < -0.4 is 10.6 Å². The van der Waals surface area contributed by atoms with Crippen LogP contribution in [0.4, 0.5) is 5.13 Å². The maximum Gasteiger partial charge on any atom is 0.242 e. The van der Waals surface area contributed by atoms with Crippen LogP contribution in [-0.4, -0.2) is 22.5 Å². The summed E-state index contributed by atoms with van der Waals surface area (Å²) in [5.74, 6) is -0.0204. The first-order valence-electron chi connectivity index (χ1n) is 6.70. The van der Waals surface area contributed by atoms with Gasteiger partial charge in [-0.1, -0.05) is 17.4 Å². The smallest absolute Gasteiger partial charge is 0.242 e. The van der Waals surface area contributed by atoms with Crippen LogP contribution in [0.15, 0.2) is 18.2 Å². The highest BCUT2D eigenvalue weighted by atomic mass is 32.1. The summed E-state index contributed by atoms with van der Waals surface area (Å²) in [6.07, 6.45) is 0. The molecule has 0 saturated carbocycles. The highest BCUT2D eigenvalue weighted by Crippen LogP contribution is 2.26. The van der Waals surface area contributed by atoms with Crippen LogP contribution in [0.2, 0.25) is 0 Å². The molecule has 1 atom stereocenters. The van der Waals surface area contributed by atoms with Crippen molar-refractivity contribution in [2.24, 2.45) is 0 Å². The van der Waals surface area contributed by atoms with Gasteiger partial charge in [0, 0.05) is 5.54 Å². The van der Waals surface area contributed by atoms with Crippen molar-refractivity contribution in [1.82, 2.24) is 10.3 Å². The number of anilines is 1. The molecule has 0 bridgehead atoms. The molecule has 1 heterocycles. The van der Waals surface area contributed by atoms with Gasteiger partial charge in [-0.3, -0.25) is 4.79 Å². The Bertz CT molecular complexity index is 628. The number of rotatable bonds is 3. The molecule has 20 heavy (non-hydrogen) atoms. The number of hydrogen-bond acceptors (Lipinski definition) is 4. The minimum absolute atomic E-state index is 0.0204. The molecule has 0 radical (unpaired) electrons. The van der Waals surface area contributed by atoms with Crippen LogP contribution in [0.3, 0.4) is 0 Å². The van der Waals surface area contributed by atoms with Crippen LogP contribution in [0, 0.1) is 6.92 Å². The lowest BCUT2D eigenvalue weighted by atomic mass is 10.1. The van der Waals surface area contributed by atoms with Crippen molar-refractivity contribution < 1.29 is 4.79 Å². The largest absolute Gasteiger partial charge is 0.350 e. The maximum absolute atomic E-state index is 12.0. The van der Waals surface area contributed by atoms with Crippen molar-refractivity contribution in [2.45, 2.75) is 46.2 Å². The molecule has 1 amide bonds. The third-order valence-electron chi connectivity index (χ3n) is 2.77. The number of thiazole rings is 1. The average Bonchev–Trinajstić information content (AvgIpc) is 2.67. The molecule has 0 spiro atoms. The zero-order chi connectivity index (χ0) is 14.9. The lowest BCUT2D eigenvalue weighted by Crippen LogP contribution is -2.47. The van der Waals surface area contributed by atoms with Gasteiger partial charge in [-0.05, 0) is 52.3 Å². The molecule has 4 nitrogen and oxygen atoms in total. The van der Waals surface area contributed by atoms with E-state index in [9.17, 15) is 4.79 Å². The van der Waals surface area contributed by atoms with E-state index in [0.717, 1.165) is 15.3 Å². The summed E-state index contributed by atoms with van der Waals surface area (Å²) in [5, 5.41) is 6.91. The zero-order valence-electron chi connectivity index (χ0n) is 12.6. The van der Waals surface area contributed by atoms with E-state index in [1.165, 1.54) is 5.56 Å². The van der Waals surface area contributed by atoms with E-state index in [4.69, 9.17) is 0 Å². The molecular weight excluding hydrogens is 270 g/mol. The lowest BCUT2D eigenvalue weighted by molar-refractivity contribution is -0.122. The van der Waals surface area contributed by atoms with Gasteiger partial charge in [-0.2, -0.15) is 0 Å². The molecular formula is C15H21N3OS. The van der Waals surface area contributed by atoms with Gasteiger partial charge in [0.1, 0.15) is 6.04 Å². The van der Waals surface area contributed by atoms with E-state index in [1.807, 2.05) is 34.6 Å². The van der Waals surface area contributed by atoms with Gasteiger partial charge in [0.2, 0.25) is 5.91 Å². The van der Waals surface area contributed by atoms with Crippen molar-refractivity contribution >= 4 is 32.6 Å². The van der Waals surface area contributed by atoms with Gasteiger partial charge >= 0.3 is 0 Å². The first-order chi connectivity index (χ1) is 9.24. The molecule has 5 heteroatoms. The number of carbonyl (C=O) groups excluding carboxylic acids is 1. The number of nitrogens with zero attached hydrogens (tertiary/aromatic N) is 1. The Morgan fingerprint density at radius 2 is 2.05 bits per heavy atom. The second-order valence-corrected chi connectivity index (χ2v) is 7.13. The second kappa shape index (κ2) is 5.40. The highest BCUT2D eigenvalue weighted by molar-refractivity contribution is 7.22.